The first-order valence-electron chi connectivity index (χ1n) is 4.72. The largest absolute Gasteiger partial charge is 0.323 e. The van der Waals surface area contributed by atoms with Gasteiger partial charge in [0, 0.05) is 17.9 Å². The Morgan fingerprint density at radius 1 is 1.33 bits per heavy atom. The second-order valence-corrected chi connectivity index (χ2v) is 3.47. The van der Waals surface area contributed by atoms with Crippen molar-refractivity contribution in [3.63, 3.8) is 0 Å². The maximum Gasteiger partial charge on any atom is 0.123 e. The van der Waals surface area contributed by atoms with E-state index in [4.69, 9.17) is 5.73 Å². The number of imidazole rings is 1. The Hall–Kier alpha value is -1.68. The molecule has 0 amide bonds. The highest BCUT2D eigenvalue weighted by Crippen LogP contribution is 2.12. The molecule has 0 saturated carbocycles. The van der Waals surface area contributed by atoms with E-state index in [1.165, 1.54) is 12.1 Å². The fourth-order valence-electron chi connectivity index (χ4n) is 1.33. The van der Waals surface area contributed by atoms with Gasteiger partial charge in [-0.2, -0.15) is 0 Å². The molecule has 0 saturated heterocycles. The maximum atomic E-state index is 12.7. The summed E-state index contributed by atoms with van der Waals surface area (Å²) in [5, 5.41) is 0. The van der Waals surface area contributed by atoms with E-state index in [0.29, 0.717) is 0 Å². The van der Waals surface area contributed by atoms with E-state index in [9.17, 15) is 4.39 Å². The average molecular weight is 205 g/mol. The van der Waals surface area contributed by atoms with Crippen LogP contribution in [0.1, 0.15) is 18.7 Å². The molecule has 1 aromatic heterocycles. The smallest absolute Gasteiger partial charge is 0.123 e. The van der Waals surface area contributed by atoms with Crippen LogP contribution in [-0.4, -0.2) is 9.55 Å². The normalized spacial score (nSPS) is 12.7. The third-order valence-corrected chi connectivity index (χ3v) is 2.19. The Bertz CT molecular complexity index is 445. The van der Waals surface area contributed by atoms with Crippen molar-refractivity contribution in [3.8, 4) is 5.69 Å². The summed E-state index contributed by atoms with van der Waals surface area (Å²) < 4.78 is 14.5. The van der Waals surface area contributed by atoms with Gasteiger partial charge in [0.15, 0.2) is 0 Å². The fourth-order valence-corrected chi connectivity index (χ4v) is 1.33. The van der Waals surface area contributed by atoms with Crippen LogP contribution in [0.3, 0.4) is 0 Å². The Morgan fingerprint density at radius 3 is 2.53 bits per heavy atom. The Morgan fingerprint density at radius 2 is 2.00 bits per heavy atom. The molecule has 0 spiro atoms. The van der Waals surface area contributed by atoms with Gasteiger partial charge in [-0.05, 0) is 31.2 Å². The van der Waals surface area contributed by atoms with E-state index < -0.39 is 0 Å². The van der Waals surface area contributed by atoms with Crippen molar-refractivity contribution in [2.24, 2.45) is 5.73 Å². The van der Waals surface area contributed by atoms with Crippen LogP contribution in [-0.2, 0) is 0 Å². The fraction of sp³-hybridized carbons (Fsp3) is 0.182. The van der Waals surface area contributed by atoms with E-state index in [0.717, 1.165) is 11.4 Å². The Labute approximate surface area is 87.4 Å². The molecule has 4 heteroatoms. The lowest BCUT2D eigenvalue weighted by Crippen LogP contribution is -2.04. The lowest BCUT2D eigenvalue weighted by Gasteiger charge is -2.01. The average Bonchev–Trinajstić information content (AvgIpc) is 2.68. The molecule has 78 valence electrons. The molecular weight excluding hydrogens is 193 g/mol. The summed E-state index contributed by atoms with van der Waals surface area (Å²) in [6, 6.07) is 6.14. The summed E-state index contributed by atoms with van der Waals surface area (Å²) in [5.74, 6) is -0.244. The van der Waals surface area contributed by atoms with E-state index in [1.807, 2.05) is 17.7 Å². The summed E-state index contributed by atoms with van der Waals surface area (Å²) in [5.41, 5.74) is 7.38. The van der Waals surface area contributed by atoms with Gasteiger partial charge in [0.1, 0.15) is 5.82 Å². The van der Waals surface area contributed by atoms with Gasteiger partial charge < -0.3 is 10.3 Å². The highest BCUT2D eigenvalue weighted by Gasteiger charge is 2.04. The van der Waals surface area contributed by atoms with E-state index in [1.54, 1.807) is 18.5 Å². The zero-order valence-electron chi connectivity index (χ0n) is 8.39. The maximum absolute atomic E-state index is 12.7. The van der Waals surface area contributed by atoms with Crippen molar-refractivity contribution in [2.45, 2.75) is 13.0 Å². The van der Waals surface area contributed by atoms with Crippen LogP contribution in [0, 0.1) is 5.82 Å². The number of benzene rings is 1. The summed E-state index contributed by atoms with van der Waals surface area (Å²) in [6.07, 6.45) is 3.52. The number of nitrogens with two attached hydrogens (primary N) is 1. The second kappa shape index (κ2) is 3.82. The molecule has 1 heterocycles. The van der Waals surface area contributed by atoms with Crippen LogP contribution in [0.25, 0.3) is 5.69 Å². The van der Waals surface area contributed by atoms with E-state index in [2.05, 4.69) is 4.98 Å². The van der Waals surface area contributed by atoms with E-state index in [-0.39, 0.29) is 11.9 Å². The number of rotatable bonds is 2. The molecular formula is C11H12FN3. The third-order valence-electron chi connectivity index (χ3n) is 2.19. The molecule has 0 fully saturated rings. The SMILES string of the molecule is CC(N)c1cn(-c2ccc(F)cc2)cn1. The monoisotopic (exact) mass is 205 g/mol. The second-order valence-electron chi connectivity index (χ2n) is 3.47. The van der Waals surface area contributed by atoms with Gasteiger partial charge in [-0.25, -0.2) is 9.37 Å². The number of halogens is 1. The number of hydrogen-bond donors (Lipinski definition) is 1. The van der Waals surface area contributed by atoms with Gasteiger partial charge in [-0.15, -0.1) is 0 Å². The summed E-state index contributed by atoms with van der Waals surface area (Å²) in [7, 11) is 0. The van der Waals surface area contributed by atoms with Crippen molar-refractivity contribution in [3.05, 3.63) is 48.3 Å². The van der Waals surface area contributed by atoms with Crippen molar-refractivity contribution in [2.75, 3.05) is 0 Å². The van der Waals surface area contributed by atoms with Crippen LogP contribution >= 0.6 is 0 Å². The first-order chi connectivity index (χ1) is 7.16. The minimum atomic E-state index is -0.244. The molecule has 2 aromatic rings. The molecule has 1 aromatic carbocycles. The molecule has 0 aliphatic rings. The third kappa shape index (κ3) is 2.05. The van der Waals surface area contributed by atoms with Crippen LogP contribution in [0.4, 0.5) is 4.39 Å². The summed E-state index contributed by atoms with van der Waals surface area (Å²) in [6.45, 7) is 1.87. The number of nitrogens with zero attached hydrogens (tertiary/aromatic N) is 2. The molecule has 0 bridgehead atoms. The Balaban J connectivity index is 2.33. The van der Waals surface area contributed by atoms with Gasteiger partial charge in [0.2, 0.25) is 0 Å². The zero-order chi connectivity index (χ0) is 10.8. The van der Waals surface area contributed by atoms with Crippen LogP contribution in [0.2, 0.25) is 0 Å². The van der Waals surface area contributed by atoms with Gasteiger partial charge in [0.25, 0.3) is 0 Å². The lowest BCUT2D eigenvalue weighted by molar-refractivity contribution is 0.627. The quantitative estimate of drug-likeness (QED) is 0.815. The molecule has 0 aliphatic carbocycles. The minimum absolute atomic E-state index is 0.0910. The summed E-state index contributed by atoms with van der Waals surface area (Å²) in [4.78, 5) is 4.16. The lowest BCUT2D eigenvalue weighted by atomic mass is 10.3. The highest BCUT2D eigenvalue weighted by molar-refractivity contribution is 5.32. The highest BCUT2D eigenvalue weighted by atomic mass is 19.1. The van der Waals surface area contributed by atoms with Gasteiger partial charge >= 0.3 is 0 Å². The predicted octanol–water partition coefficient (Wildman–Crippen LogP) is 2.03. The molecule has 1 unspecified atom stereocenters. The van der Waals surface area contributed by atoms with Gasteiger partial charge in [-0.3, -0.25) is 0 Å². The number of hydrogen-bond acceptors (Lipinski definition) is 2. The van der Waals surface area contributed by atoms with Gasteiger partial charge in [-0.1, -0.05) is 0 Å². The predicted molar refractivity (Wildman–Crippen MR) is 56.1 cm³/mol. The van der Waals surface area contributed by atoms with Crippen molar-refractivity contribution >= 4 is 0 Å². The van der Waals surface area contributed by atoms with E-state index >= 15 is 0 Å². The number of aromatic nitrogens is 2. The molecule has 0 radical (unpaired) electrons. The zero-order valence-corrected chi connectivity index (χ0v) is 8.39. The molecule has 0 aliphatic heterocycles. The van der Waals surface area contributed by atoms with Crippen LogP contribution < -0.4 is 5.73 Å². The molecule has 3 nitrogen and oxygen atoms in total. The topological polar surface area (TPSA) is 43.8 Å². The summed E-state index contributed by atoms with van der Waals surface area (Å²) >= 11 is 0. The minimum Gasteiger partial charge on any atom is -0.323 e. The van der Waals surface area contributed by atoms with Crippen molar-refractivity contribution in [1.82, 2.24) is 9.55 Å². The molecule has 15 heavy (non-hydrogen) atoms. The van der Waals surface area contributed by atoms with Crippen LogP contribution in [0.5, 0.6) is 0 Å². The molecule has 1 atom stereocenters. The standard InChI is InChI=1S/C11H12FN3/c1-8(13)11-6-15(7-14-11)10-4-2-9(12)3-5-10/h2-8H,13H2,1H3. The van der Waals surface area contributed by atoms with Gasteiger partial charge in [0.05, 0.1) is 12.0 Å². The first kappa shape index (κ1) is 9.86. The molecule has 2 N–H and O–H groups in total. The first-order valence-corrected chi connectivity index (χ1v) is 4.72. The van der Waals surface area contributed by atoms with Crippen molar-refractivity contribution < 1.29 is 4.39 Å². The Kier molecular flexibility index (Phi) is 2.51. The van der Waals surface area contributed by atoms with Crippen molar-refractivity contribution in [1.29, 1.82) is 0 Å². The van der Waals surface area contributed by atoms with Crippen LogP contribution in [0.15, 0.2) is 36.8 Å². The molecule has 2 rings (SSSR count).